The van der Waals surface area contributed by atoms with E-state index in [0.717, 1.165) is 22.4 Å². The van der Waals surface area contributed by atoms with Crippen LogP contribution in [0.15, 0.2) is 58.4 Å². The lowest BCUT2D eigenvalue weighted by atomic mass is 9.96. The van der Waals surface area contributed by atoms with Gasteiger partial charge in [0.2, 0.25) is 5.75 Å². The van der Waals surface area contributed by atoms with Gasteiger partial charge < -0.3 is 14.2 Å². The average molecular weight is 573 g/mol. The number of rotatable bonds is 11. The fourth-order valence-corrected chi connectivity index (χ4v) is 4.58. The van der Waals surface area contributed by atoms with Gasteiger partial charge >= 0.3 is 5.69 Å². The van der Waals surface area contributed by atoms with Crippen molar-refractivity contribution in [2.45, 2.75) is 60.0 Å². The zero-order valence-corrected chi connectivity index (χ0v) is 25.0. The minimum Gasteiger partial charge on any atom is -0.496 e. The third-order valence-electron chi connectivity index (χ3n) is 6.96. The van der Waals surface area contributed by atoms with Gasteiger partial charge in [0.15, 0.2) is 11.6 Å². The van der Waals surface area contributed by atoms with Crippen molar-refractivity contribution in [1.29, 1.82) is 0 Å². The molecule has 0 bridgehead atoms. The summed E-state index contributed by atoms with van der Waals surface area (Å²) in [5.74, 6) is 1.53. The number of benzene rings is 3. The van der Waals surface area contributed by atoms with E-state index in [1.54, 1.807) is 38.3 Å². The van der Waals surface area contributed by atoms with E-state index in [2.05, 4.69) is 18.9 Å². The number of hydrogen-bond acceptors (Lipinski definition) is 8. The zero-order chi connectivity index (χ0) is 30.6. The molecule has 0 spiro atoms. The Morgan fingerprint density at radius 3 is 2.48 bits per heavy atom. The molecule has 0 amide bonds. The number of nitro benzene ring substituents is 1. The molecule has 1 atom stereocenters. The fourth-order valence-electron chi connectivity index (χ4n) is 4.58. The molecule has 0 radical (unpaired) electrons. The Morgan fingerprint density at radius 1 is 1.10 bits per heavy atom. The molecule has 4 aromatic rings. The molecule has 0 fully saturated rings. The lowest BCUT2D eigenvalue weighted by Crippen LogP contribution is -2.21. The summed E-state index contributed by atoms with van der Waals surface area (Å²) in [6, 6.07) is 13.9. The van der Waals surface area contributed by atoms with Crippen molar-refractivity contribution in [3.63, 3.8) is 0 Å². The van der Waals surface area contributed by atoms with Gasteiger partial charge in [-0.2, -0.15) is 9.78 Å². The number of methoxy groups -OCH3 is 1. The summed E-state index contributed by atoms with van der Waals surface area (Å²) in [5, 5.41) is 17.0. The Balaban J connectivity index is 1.95. The van der Waals surface area contributed by atoms with Crippen molar-refractivity contribution < 1.29 is 19.1 Å². The van der Waals surface area contributed by atoms with Crippen molar-refractivity contribution in [2.24, 2.45) is 5.10 Å². The summed E-state index contributed by atoms with van der Waals surface area (Å²) in [5.41, 5.74) is 2.81. The quantitative estimate of drug-likeness (QED) is 0.109. The van der Waals surface area contributed by atoms with Crippen LogP contribution in [0.3, 0.4) is 0 Å². The van der Waals surface area contributed by atoms with E-state index < -0.39 is 4.92 Å². The molecule has 3 aromatic carbocycles. The molecule has 0 aliphatic heterocycles. The molecular formula is C32H36N4O6. The van der Waals surface area contributed by atoms with Crippen molar-refractivity contribution in [2.75, 3.05) is 13.7 Å². The molecule has 0 N–H and O–H groups in total. The first-order valence-electron chi connectivity index (χ1n) is 14.0. The lowest BCUT2D eigenvalue weighted by Gasteiger charge is -2.18. The average Bonchev–Trinajstić information content (AvgIpc) is 2.97. The van der Waals surface area contributed by atoms with Gasteiger partial charge in [0.1, 0.15) is 5.75 Å². The molecule has 0 aliphatic carbocycles. The van der Waals surface area contributed by atoms with Gasteiger partial charge in [-0.25, -0.2) is 4.98 Å². The second-order valence-corrected chi connectivity index (χ2v) is 10.3. The standard InChI is InChI=1S/C32H36N4O6/c1-8-21(6)42-30-27(36(38)39)15-22(16-29(30)41-9-2)18-33-35-31(34-26-13-11-10-12-23(26)32(35)37)25-17-24(19(3)4)28(40-7)14-20(25)5/h10-19,21H,8-9H2,1-7H3/t21-/m1/s1. The zero-order valence-electron chi connectivity index (χ0n) is 25.0. The normalized spacial score (nSPS) is 12.2. The molecule has 0 aliphatic rings. The second kappa shape index (κ2) is 12.8. The van der Waals surface area contributed by atoms with Crippen LogP contribution in [0, 0.1) is 17.0 Å². The van der Waals surface area contributed by atoms with E-state index in [9.17, 15) is 14.9 Å². The van der Waals surface area contributed by atoms with Crippen LogP contribution in [0.25, 0.3) is 22.3 Å². The Kier molecular flexibility index (Phi) is 9.25. The van der Waals surface area contributed by atoms with E-state index in [1.807, 2.05) is 39.0 Å². The van der Waals surface area contributed by atoms with E-state index >= 15 is 0 Å². The van der Waals surface area contributed by atoms with Gasteiger partial charge in [0.05, 0.1) is 41.9 Å². The Labute approximate surface area is 244 Å². The number of aromatic nitrogens is 2. The van der Waals surface area contributed by atoms with Crippen LogP contribution in [-0.4, -0.2) is 40.6 Å². The Hall–Kier alpha value is -4.73. The summed E-state index contributed by atoms with van der Waals surface area (Å²) in [4.78, 5) is 30.1. The first-order valence-corrected chi connectivity index (χ1v) is 14.0. The number of hydrogen-bond donors (Lipinski definition) is 0. The first-order chi connectivity index (χ1) is 20.1. The topological polar surface area (TPSA) is 118 Å². The summed E-state index contributed by atoms with van der Waals surface area (Å²) < 4.78 is 18.5. The van der Waals surface area contributed by atoms with Crippen molar-refractivity contribution in [1.82, 2.24) is 9.66 Å². The van der Waals surface area contributed by atoms with Gasteiger partial charge in [-0.15, -0.1) is 0 Å². The molecule has 10 heteroatoms. The minimum atomic E-state index is -0.513. The largest absolute Gasteiger partial charge is 0.496 e. The molecule has 10 nitrogen and oxygen atoms in total. The second-order valence-electron chi connectivity index (χ2n) is 10.3. The molecule has 4 rings (SSSR count). The third-order valence-corrected chi connectivity index (χ3v) is 6.96. The molecule has 1 heterocycles. The highest BCUT2D eigenvalue weighted by Gasteiger charge is 2.24. The van der Waals surface area contributed by atoms with Crippen molar-refractivity contribution >= 4 is 22.8 Å². The molecule has 0 saturated carbocycles. The van der Waals surface area contributed by atoms with E-state index in [-0.39, 0.29) is 41.4 Å². The Bertz CT molecular complexity index is 1710. The predicted molar refractivity (Wildman–Crippen MR) is 164 cm³/mol. The predicted octanol–water partition coefficient (Wildman–Crippen LogP) is 6.87. The maximum atomic E-state index is 13.8. The molecule has 0 unspecified atom stereocenters. The molecule has 1 aromatic heterocycles. The van der Waals surface area contributed by atoms with Crippen molar-refractivity contribution in [3.8, 4) is 28.6 Å². The molecule has 0 saturated heterocycles. The van der Waals surface area contributed by atoms with Crippen LogP contribution >= 0.6 is 0 Å². The number of nitrogens with zero attached hydrogens (tertiary/aromatic N) is 4. The van der Waals surface area contributed by atoms with E-state index in [1.165, 1.54) is 17.0 Å². The molecular weight excluding hydrogens is 536 g/mol. The summed E-state index contributed by atoms with van der Waals surface area (Å²) >= 11 is 0. The summed E-state index contributed by atoms with van der Waals surface area (Å²) in [6.07, 6.45) is 1.80. The smallest absolute Gasteiger partial charge is 0.315 e. The van der Waals surface area contributed by atoms with E-state index in [4.69, 9.17) is 19.2 Å². The monoisotopic (exact) mass is 572 g/mol. The number of ether oxygens (including phenoxy) is 3. The minimum absolute atomic E-state index is 0.0636. The molecule has 42 heavy (non-hydrogen) atoms. The van der Waals surface area contributed by atoms with Crippen LogP contribution in [0.1, 0.15) is 63.6 Å². The van der Waals surface area contributed by atoms with Crippen LogP contribution < -0.4 is 19.8 Å². The maximum Gasteiger partial charge on any atom is 0.315 e. The highest BCUT2D eigenvalue weighted by molar-refractivity contribution is 5.84. The van der Waals surface area contributed by atoms with Gasteiger partial charge in [-0.3, -0.25) is 14.9 Å². The number of aryl methyl sites for hydroxylation is 1. The van der Waals surface area contributed by atoms with Gasteiger partial charge in [-0.05, 0) is 74.6 Å². The summed E-state index contributed by atoms with van der Waals surface area (Å²) in [7, 11) is 1.63. The Morgan fingerprint density at radius 2 is 1.83 bits per heavy atom. The van der Waals surface area contributed by atoms with Crippen LogP contribution in [0.4, 0.5) is 5.69 Å². The van der Waals surface area contributed by atoms with Crippen LogP contribution in [0.5, 0.6) is 17.2 Å². The molecule has 220 valence electrons. The van der Waals surface area contributed by atoms with Gasteiger partial charge in [0.25, 0.3) is 5.56 Å². The number of fused-ring (bicyclic) bond motifs is 1. The highest BCUT2D eigenvalue weighted by atomic mass is 16.6. The number of para-hydroxylation sites is 1. The lowest BCUT2D eigenvalue weighted by molar-refractivity contribution is -0.386. The van der Waals surface area contributed by atoms with Gasteiger partial charge in [0, 0.05) is 17.2 Å². The van der Waals surface area contributed by atoms with Crippen LogP contribution in [-0.2, 0) is 0 Å². The maximum absolute atomic E-state index is 13.8. The first kappa shape index (κ1) is 30.2. The van der Waals surface area contributed by atoms with Crippen molar-refractivity contribution in [3.05, 3.63) is 85.7 Å². The third kappa shape index (κ3) is 6.12. The fraction of sp³-hybridized carbons (Fsp3) is 0.344. The van der Waals surface area contributed by atoms with Gasteiger partial charge in [-0.1, -0.05) is 32.9 Å². The number of nitro groups is 1. The van der Waals surface area contributed by atoms with E-state index in [0.29, 0.717) is 28.7 Å². The van der Waals surface area contributed by atoms with Crippen LogP contribution in [0.2, 0.25) is 0 Å². The SMILES string of the molecule is CCOc1cc(C=Nn2c(-c3cc(C(C)C)c(OC)cc3C)nc3ccccc3c2=O)cc([N+](=O)[O-])c1O[C@H](C)CC. The summed E-state index contributed by atoms with van der Waals surface area (Å²) in [6.45, 7) is 11.9. The highest BCUT2D eigenvalue weighted by Crippen LogP contribution is 2.39.